The second-order valence-electron chi connectivity index (χ2n) is 4.77. The number of nitrogens with two attached hydrogens (primary N) is 1. The Morgan fingerprint density at radius 1 is 1.47 bits per heavy atom. The van der Waals surface area contributed by atoms with Gasteiger partial charge in [-0.25, -0.2) is 0 Å². The Bertz CT molecular complexity index is 329. The molecule has 1 atom stereocenters. The number of thiocarbonyl (C=S) groups is 1. The first-order chi connectivity index (χ1) is 9.00. The molecule has 6 heteroatoms. The predicted molar refractivity (Wildman–Crippen MR) is 84.6 cm³/mol. The third-order valence-electron chi connectivity index (χ3n) is 3.83. The molecule has 1 rings (SSSR count). The molecule has 0 aromatic carbocycles. The van der Waals surface area contributed by atoms with Crippen LogP contribution in [0.25, 0.3) is 0 Å². The smallest absolute Gasteiger partial charge is 0.323 e. The second-order valence-corrected chi connectivity index (χ2v) is 6.40. The van der Waals surface area contributed by atoms with Crippen molar-refractivity contribution in [2.75, 3.05) is 26.0 Å². The number of carbonyl (C=O) groups excluding carboxylic acids is 1. The highest BCUT2D eigenvalue weighted by atomic mass is 32.2. The van der Waals surface area contributed by atoms with Crippen molar-refractivity contribution in [1.82, 2.24) is 4.90 Å². The summed E-state index contributed by atoms with van der Waals surface area (Å²) >= 11 is 6.93. The van der Waals surface area contributed by atoms with Gasteiger partial charge >= 0.3 is 5.97 Å². The summed E-state index contributed by atoms with van der Waals surface area (Å²) in [5, 5.41) is 0. The van der Waals surface area contributed by atoms with Crippen molar-refractivity contribution in [2.24, 2.45) is 5.73 Å². The maximum atomic E-state index is 11.9. The summed E-state index contributed by atoms with van der Waals surface area (Å²) in [5.41, 5.74) is 5.87. The zero-order valence-corrected chi connectivity index (χ0v) is 13.6. The number of hydrogen-bond acceptors (Lipinski definition) is 5. The van der Waals surface area contributed by atoms with E-state index in [1.807, 2.05) is 13.8 Å². The van der Waals surface area contributed by atoms with E-state index in [1.54, 1.807) is 11.8 Å². The Hall–Kier alpha value is -0.330. The average Bonchev–Trinajstić information content (AvgIpc) is 2.40. The van der Waals surface area contributed by atoms with Crippen molar-refractivity contribution in [3.63, 3.8) is 0 Å². The standard InChI is InChI=1S/C13H24N2O2S2/c1-4-10(11(16)17-5-2)15-8-6-13(19-3,7-9-15)12(14)18/h10H,4-9H2,1-3H3,(H2,14,18). The van der Waals surface area contributed by atoms with E-state index in [1.165, 1.54) is 0 Å². The molecule has 0 saturated carbocycles. The first-order valence-corrected chi connectivity index (χ1v) is 8.39. The van der Waals surface area contributed by atoms with E-state index in [0.717, 1.165) is 32.4 Å². The van der Waals surface area contributed by atoms with Crippen LogP contribution in [0.15, 0.2) is 0 Å². The molecule has 0 radical (unpaired) electrons. The molecule has 0 amide bonds. The van der Waals surface area contributed by atoms with Crippen molar-refractivity contribution in [3.8, 4) is 0 Å². The van der Waals surface area contributed by atoms with Gasteiger partial charge in [0, 0.05) is 13.1 Å². The highest BCUT2D eigenvalue weighted by molar-refractivity contribution is 8.02. The van der Waals surface area contributed by atoms with Crippen molar-refractivity contribution in [2.45, 2.75) is 43.9 Å². The number of nitrogens with zero attached hydrogens (tertiary/aromatic N) is 1. The summed E-state index contributed by atoms with van der Waals surface area (Å²) in [5.74, 6) is -0.114. The molecular formula is C13H24N2O2S2. The summed E-state index contributed by atoms with van der Waals surface area (Å²) in [6.45, 7) is 5.98. The van der Waals surface area contributed by atoms with Crippen LogP contribution >= 0.6 is 24.0 Å². The van der Waals surface area contributed by atoms with Crippen molar-refractivity contribution < 1.29 is 9.53 Å². The predicted octanol–water partition coefficient (Wildman–Crippen LogP) is 1.81. The van der Waals surface area contributed by atoms with Gasteiger partial charge in [0.15, 0.2) is 0 Å². The van der Waals surface area contributed by atoms with Gasteiger partial charge in [-0.2, -0.15) is 11.8 Å². The molecule has 0 aromatic heterocycles. The van der Waals surface area contributed by atoms with Crippen molar-refractivity contribution in [3.05, 3.63) is 0 Å². The fourth-order valence-electron chi connectivity index (χ4n) is 2.56. The van der Waals surface area contributed by atoms with E-state index >= 15 is 0 Å². The third kappa shape index (κ3) is 3.83. The number of hydrogen-bond donors (Lipinski definition) is 1. The van der Waals surface area contributed by atoms with E-state index in [0.29, 0.717) is 11.6 Å². The quantitative estimate of drug-likeness (QED) is 0.597. The Morgan fingerprint density at radius 3 is 2.42 bits per heavy atom. The lowest BCUT2D eigenvalue weighted by atomic mass is 9.94. The number of rotatable bonds is 6. The lowest BCUT2D eigenvalue weighted by Gasteiger charge is -2.42. The highest BCUT2D eigenvalue weighted by Gasteiger charge is 2.39. The molecule has 1 saturated heterocycles. The summed E-state index contributed by atoms with van der Waals surface area (Å²) in [6.07, 6.45) is 4.63. The molecule has 2 N–H and O–H groups in total. The van der Waals surface area contributed by atoms with Crippen LogP contribution in [0.5, 0.6) is 0 Å². The van der Waals surface area contributed by atoms with E-state index < -0.39 is 0 Å². The molecule has 1 aliphatic rings. The molecular weight excluding hydrogens is 280 g/mol. The van der Waals surface area contributed by atoms with Gasteiger partial charge in [0.05, 0.1) is 16.3 Å². The number of piperidine rings is 1. The fraction of sp³-hybridized carbons (Fsp3) is 0.846. The Kier molecular flexibility index (Phi) is 6.56. The molecule has 1 unspecified atom stereocenters. The second kappa shape index (κ2) is 7.45. The van der Waals surface area contributed by atoms with Gasteiger partial charge in [-0.3, -0.25) is 9.69 Å². The molecule has 0 aromatic rings. The van der Waals surface area contributed by atoms with Crippen LogP contribution in [0.4, 0.5) is 0 Å². The van der Waals surface area contributed by atoms with Crippen molar-refractivity contribution in [1.29, 1.82) is 0 Å². The SMILES string of the molecule is CCOC(=O)C(CC)N1CCC(SC)(C(N)=S)CC1. The Balaban J connectivity index is 2.65. The fourth-order valence-corrected chi connectivity index (χ4v) is 3.81. The van der Waals surface area contributed by atoms with Crippen LogP contribution in [0, 0.1) is 0 Å². The monoisotopic (exact) mass is 304 g/mol. The molecule has 110 valence electrons. The molecule has 19 heavy (non-hydrogen) atoms. The molecule has 1 fully saturated rings. The van der Waals surface area contributed by atoms with E-state index in [2.05, 4.69) is 11.2 Å². The molecule has 0 bridgehead atoms. The Morgan fingerprint density at radius 2 is 2.05 bits per heavy atom. The van der Waals surface area contributed by atoms with Crippen LogP contribution in [-0.4, -0.2) is 52.6 Å². The highest BCUT2D eigenvalue weighted by Crippen LogP contribution is 2.35. The first-order valence-electron chi connectivity index (χ1n) is 6.76. The minimum atomic E-state index is -0.133. The maximum Gasteiger partial charge on any atom is 0.323 e. The molecule has 0 aliphatic carbocycles. The number of thioether (sulfide) groups is 1. The van der Waals surface area contributed by atoms with Gasteiger partial charge in [0.1, 0.15) is 6.04 Å². The Labute approximate surface area is 125 Å². The topological polar surface area (TPSA) is 55.6 Å². The summed E-state index contributed by atoms with van der Waals surface area (Å²) in [6, 6.07) is -0.133. The molecule has 4 nitrogen and oxygen atoms in total. The lowest BCUT2D eigenvalue weighted by Crippen LogP contribution is -2.53. The van der Waals surface area contributed by atoms with Gasteiger partial charge in [0.2, 0.25) is 0 Å². The number of ether oxygens (including phenoxy) is 1. The van der Waals surface area contributed by atoms with Crippen LogP contribution in [-0.2, 0) is 9.53 Å². The lowest BCUT2D eigenvalue weighted by molar-refractivity contribution is -0.150. The van der Waals surface area contributed by atoms with Crippen LogP contribution in [0.3, 0.4) is 0 Å². The third-order valence-corrected chi connectivity index (χ3v) is 5.76. The summed E-state index contributed by atoms with van der Waals surface area (Å²) < 4.78 is 5.04. The zero-order valence-electron chi connectivity index (χ0n) is 12.0. The van der Waals surface area contributed by atoms with Crippen LogP contribution < -0.4 is 5.73 Å². The van der Waals surface area contributed by atoms with E-state index in [-0.39, 0.29) is 16.8 Å². The van der Waals surface area contributed by atoms with Gasteiger partial charge in [-0.15, -0.1) is 0 Å². The van der Waals surface area contributed by atoms with Gasteiger partial charge < -0.3 is 10.5 Å². The summed E-state index contributed by atoms with van der Waals surface area (Å²) in [7, 11) is 0. The van der Waals surface area contributed by atoms with Gasteiger partial charge in [0.25, 0.3) is 0 Å². The molecule has 0 spiro atoms. The minimum Gasteiger partial charge on any atom is -0.465 e. The normalized spacial score (nSPS) is 20.8. The molecule has 1 heterocycles. The minimum absolute atomic E-state index is 0.0984. The van der Waals surface area contributed by atoms with E-state index in [4.69, 9.17) is 22.7 Å². The van der Waals surface area contributed by atoms with Crippen LogP contribution in [0.1, 0.15) is 33.1 Å². The number of esters is 1. The first kappa shape index (κ1) is 16.7. The van der Waals surface area contributed by atoms with Crippen LogP contribution in [0.2, 0.25) is 0 Å². The van der Waals surface area contributed by atoms with E-state index in [9.17, 15) is 4.79 Å². The largest absolute Gasteiger partial charge is 0.465 e. The number of likely N-dealkylation sites (tertiary alicyclic amines) is 1. The van der Waals surface area contributed by atoms with Gasteiger partial charge in [-0.1, -0.05) is 19.1 Å². The van der Waals surface area contributed by atoms with Gasteiger partial charge in [-0.05, 0) is 32.4 Å². The average molecular weight is 304 g/mol. The maximum absolute atomic E-state index is 11.9. The number of carbonyl (C=O) groups is 1. The molecule has 1 aliphatic heterocycles. The van der Waals surface area contributed by atoms with Crippen molar-refractivity contribution >= 4 is 34.9 Å². The zero-order chi connectivity index (χ0) is 14.5. The summed E-state index contributed by atoms with van der Waals surface area (Å²) in [4.78, 5) is 14.7.